The van der Waals surface area contributed by atoms with Crippen LogP contribution in [0.15, 0.2) is 29.1 Å². The van der Waals surface area contributed by atoms with E-state index in [4.69, 9.17) is 11.6 Å². The number of aryl methyl sites for hydroxylation is 1. The molecule has 1 aromatic carbocycles. The van der Waals surface area contributed by atoms with Crippen LogP contribution in [-0.2, 0) is 19.5 Å². The number of anilines is 1. The molecule has 0 saturated heterocycles. The molecule has 106 valence electrons. The Morgan fingerprint density at radius 3 is 2.95 bits per heavy atom. The zero-order valence-electron chi connectivity index (χ0n) is 11.2. The summed E-state index contributed by atoms with van der Waals surface area (Å²) in [5.41, 5.74) is 0.881. The average molecular weight is 293 g/mol. The molecule has 0 saturated carbocycles. The van der Waals surface area contributed by atoms with Crippen LogP contribution in [0.1, 0.15) is 18.7 Å². The summed E-state index contributed by atoms with van der Waals surface area (Å²) in [7, 11) is 0. The number of benzene rings is 1. The molecular formula is C14H17ClN4O. The van der Waals surface area contributed by atoms with Crippen molar-refractivity contribution in [2.24, 2.45) is 0 Å². The van der Waals surface area contributed by atoms with Gasteiger partial charge >= 0.3 is 5.69 Å². The Bertz CT molecular complexity index is 661. The smallest absolute Gasteiger partial charge is 0.345 e. The SMILES string of the molecule is O=c1n(CCNc2ccccc2Cl)nc2n1CCCC2. The zero-order chi connectivity index (χ0) is 13.9. The second-order valence-corrected chi connectivity index (χ2v) is 5.34. The molecule has 1 aliphatic heterocycles. The Balaban J connectivity index is 1.66. The van der Waals surface area contributed by atoms with Crippen molar-refractivity contribution >= 4 is 17.3 Å². The topological polar surface area (TPSA) is 51.9 Å². The molecule has 0 atom stereocenters. The van der Waals surface area contributed by atoms with E-state index in [0.717, 1.165) is 37.3 Å². The fourth-order valence-corrected chi connectivity index (χ4v) is 2.70. The normalized spacial score (nSPS) is 14.1. The molecule has 2 heterocycles. The highest BCUT2D eigenvalue weighted by Gasteiger charge is 2.16. The van der Waals surface area contributed by atoms with Crippen LogP contribution < -0.4 is 11.0 Å². The van der Waals surface area contributed by atoms with Crippen molar-refractivity contribution in [1.29, 1.82) is 0 Å². The van der Waals surface area contributed by atoms with E-state index in [0.29, 0.717) is 18.1 Å². The molecule has 1 aromatic heterocycles. The maximum Gasteiger partial charge on any atom is 0.345 e. The maximum absolute atomic E-state index is 12.1. The monoisotopic (exact) mass is 292 g/mol. The number of nitrogens with one attached hydrogen (secondary N) is 1. The van der Waals surface area contributed by atoms with Gasteiger partial charge in [0.2, 0.25) is 0 Å². The van der Waals surface area contributed by atoms with Gasteiger partial charge in [-0.15, -0.1) is 0 Å². The molecular weight excluding hydrogens is 276 g/mol. The molecule has 0 fully saturated rings. The molecule has 5 nitrogen and oxygen atoms in total. The molecule has 0 aliphatic carbocycles. The lowest BCUT2D eigenvalue weighted by Gasteiger charge is -2.09. The largest absolute Gasteiger partial charge is 0.382 e. The lowest BCUT2D eigenvalue weighted by atomic mass is 10.2. The van der Waals surface area contributed by atoms with Gasteiger partial charge in [0.05, 0.1) is 17.3 Å². The van der Waals surface area contributed by atoms with E-state index < -0.39 is 0 Å². The average Bonchev–Trinajstić information content (AvgIpc) is 2.78. The predicted octanol–water partition coefficient (Wildman–Crippen LogP) is 2.15. The maximum atomic E-state index is 12.1. The number of hydrogen-bond acceptors (Lipinski definition) is 3. The highest BCUT2D eigenvalue weighted by atomic mass is 35.5. The van der Waals surface area contributed by atoms with Crippen molar-refractivity contribution in [3.63, 3.8) is 0 Å². The van der Waals surface area contributed by atoms with Gasteiger partial charge in [0, 0.05) is 19.5 Å². The fraction of sp³-hybridized carbons (Fsp3) is 0.429. The lowest BCUT2D eigenvalue weighted by molar-refractivity contribution is 0.511. The Kier molecular flexibility index (Phi) is 3.78. The van der Waals surface area contributed by atoms with E-state index in [-0.39, 0.29) is 5.69 Å². The molecule has 1 aliphatic rings. The summed E-state index contributed by atoms with van der Waals surface area (Å²) < 4.78 is 3.34. The molecule has 0 bridgehead atoms. The summed E-state index contributed by atoms with van der Waals surface area (Å²) in [4.78, 5) is 12.1. The summed E-state index contributed by atoms with van der Waals surface area (Å²) in [6, 6.07) is 7.58. The number of rotatable bonds is 4. The summed E-state index contributed by atoms with van der Waals surface area (Å²) in [6.07, 6.45) is 3.09. The summed E-state index contributed by atoms with van der Waals surface area (Å²) >= 11 is 6.07. The van der Waals surface area contributed by atoms with Gasteiger partial charge in [-0.1, -0.05) is 23.7 Å². The minimum absolute atomic E-state index is 0.000610. The van der Waals surface area contributed by atoms with Crippen molar-refractivity contribution in [2.75, 3.05) is 11.9 Å². The van der Waals surface area contributed by atoms with Crippen molar-refractivity contribution < 1.29 is 0 Å². The first kappa shape index (κ1) is 13.2. The van der Waals surface area contributed by atoms with E-state index in [9.17, 15) is 4.79 Å². The molecule has 0 radical (unpaired) electrons. The lowest BCUT2D eigenvalue weighted by Crippen LogP contribution is -2.28. The Morgan fingerprint density at radius 1 is 1.30 bits per heavy atom. The van der Waals surface area contributed by atoms with Gasteiger partial charge in [-0.2, -0.15) is 5.10 Å². The van der Waals surface area contributed by atoms with Crippen LogP contribution in [0.5, 0.6) is 0 Å². The van der Waals surface area contributed by atoms with Gasteiger partial charge in [0.1, 0.15) is 5.82 Å². The van der Waals surface area contributed by atoms with Crippen LogP contribution in [0.25, 0.3) is 0 Å². The first-order valence-electron chi connectivity index (χ1n) is 6.90. The Hall–Kier alpha value is -1.75. The number of halogens is 1. The Morgan fingerprint density at radius 2 is 2.15 bits per heavy atom. The number of hydrogen-bond donors (Lipinski definition) is 1. The van der Waals surface area contributed by atoms with E-state index in [1.54, 1.807) is 9.25 Å². The molecule has 6 heteroatoms. The molecule has 0 spiro atoms. The third-order valence-corrected chi connectivity index (χ3v) is 3.87. The molecule has 2 aromatic rings. The molecule has 20 heavy (non-hydrogen) atoms. The minimum Gasteiger partial charge on any atom is -0.382 e. The van der Waals surface area contributed by atoms with Crippen LogP contribution in [0.3, 0.4) is 0 Å². The summed E-state index contributed by atoms with van der Waals surface area (Å²) in [5.74, 6) is 0.916. The van der Waals surface area contributed by atoms with Crippen molar-refractivity contribution in [3.8, 4) is 0 Å². The second kappa shape index (κ2) is 5.71. The number of fused-ring (bicyclic) bond motifs is 1. The molecule has 3 rings (SSSR count). The highest BCUT2D eigenvalue weighted by Crippen LogP contribution is 2.19. The van der Waals surface area contributed by atoms with E-state index in [1.165, 1.54) is 0 Å². The molecule has 0 amide bonds. The van der Waals surface area contributed by atoms with Crippen molar-refractivity contribution in [3.05, 3.63) is 45.6 Å². The second-order valence-electron chi connectivity index (χ2n) is 4.94. The standard InChI is InChI=1S/C14H17ClN4O/c15-11-5-1-2-6-12(11)16-8-10-19-14(20)18-9-4-3-7-13(18)17-19/h1-2,5-6,16H,3-4,7-10H2. The van der Waals surface area contributed by atoms with Gasteiger partial charge in [0.15, 0.2) is 0 Å². The van der Waals surface area contributed by atoms with Gasteiger partial charge < -0.3 is 5.32 Å². The first-order chi connectivity index (χ1) is 9.75. The minimum atomic E-state index is 0.000610. The number of para-hydroxylation sites is 1. The van der Waals surface area contributed by atoms with Crippen molar-refractivity contribution in [2.45, 2.75) is 32.4 Å². The van der Waals surface area contributed by atoms with Gasteiger partial charge in [-0.25, -0.2) is 9.48 Å². The van der Waals surface area contributed by atoms with Crippen molar-refractivity contribution in [1.82, 2.24) is 14.3 Å². The first-order valence-corrected chi connectivity index (χ1v) is 7.28. The quantitative estimate of drug-likeness (QED) is 0.939. The van der Waals surface area contributed by atoms with Crippen LogP contribution in [-0.4, -0.2) is 20.9 Å². The van der Waals surface area contributed by atoms with E-state index >= 15 is 0 Å². The third kappa shape index (κ3) is 2.58. The van der Waals surface area contributed by atoms with Crippen LogP contribution in [0.2, 0.25) is 5.02 Å². The van der Waals surface area contributed by atoms with Gasteiger partial charge in [-0.05, 0) is 25.0 Å². The summed E-state index contributed by atoms with van der Waals surface area (Å²) in [6.45, 7) is 1.97. The highest BCUT2D eigenvalue weighted by molar-refractivity contribution is 6.33. The van der Waals surface area contributed by atoms with Gasteiger partial charge in [-0.3, -0.25) is 4.57 Å². The number of aromatic nitrogens is 3. The molecule has 0 unspecified atom stereocenters. The van der Waals surface area contributed by atoms with Crippen LogP contribution in [0, 0.1) is 0 Å². The van der Waals surface area contributed by atoms with E-state index in [2.05, 4.69) is 10.4 Å². The Labute approximate surface area is 122 Å². The van der Waals surface area contributed by atoms with E-state index in [1.807, 2.05) is 24.3 Å². The third-order valence-electron chi connectivity index (χ3n) is 3.54. The summed E-state index contributed by atoms with van der Waals surface area (Å²) in [5, 5.41) is 8.31. The van der Waals surface area contributed by atoms with Gasteiger partial charge in [0.25, 0.3) is 0 Å². The fourth-order valence-electron chi connectivity index (χ4n) is 2.50. The zero-order valence-corrected chi connectivity index (χ0v) is 11.9. The van der Waals surface area contributed by atoms with Crippen LogP contribution in [0.4, 0.5) is 5.69 Å². The molecule has 1 N–H and O–H groups in total. The van der Waals surface area contributed by atoms with Crippen LogP contribution >= 0.6 is 11.6 Å². The number of nitrogens with zero attached hydrogens (tertiary/aromatic N) is 3. The predicted molar refractivity (Wildman–Crippen MR) is 79.4 cm³/mol.